The van der Waals surface area contributed by atoms with E-state index in [1.54, 1.807) is 0 Å². The van der Waals surface area contributed by atoms with Crippen LogP contribution >= 0.6 is 6.60 Å². The summed E-state index contributed by atoms with van der Waals surface area (Å²) in [6.45, 7) is 2.39. The van der Waals surface area contributed by atoms with Crippen LogP contribution in [-0.4, -0.2) is 20.1 Å². The molecule has 3 aromatic rings. The summed E-state index contributed by atoms with van der Waals surface area (Å²) in [6.07, 6.45) is 5.05. The predicted octanol–water partition coefficient (Wildman–Crippen LogP) is 6.64. The summed E-state index contributed by atoms with van der Waals surface area (Å²) >= 11 is 0. The Morgan fingerprint density at radius 3 is 1.17 bits per heavy atom. The molecular formula is C24H29BF4P-. The molecule has 0 saturated heterocycles. The second-order valence-corrected chi connectivity index (χ2v) is 13.3. The number of hydrogen-bond donors (Lipinski definition) is 0. The SMILES string of the molecule is CCCCCP(C)(c1ccccc1)(c1ccccc1)c1ccccc1.F[B-](F)(F)F. The molecule has 0 radical (unpaired) electrons. The van der Waals surface area contributed by atoms with E-state index in [-0.39, 0.29) is 0 Å². The summed E-state index contributed by atoms with van der Waals surface area (Å²) in [7, 11) is -6.00. The Balaban J connectivity index is 0.000000575. The molecule has 0 aliphatic carbocycles. The monoisotopic (exact) mass is 435 g/mol. The smallest absolute Gasteiger partial charge is 0.418 e. The second kappa shape index (κ2) is 10.3. The minimum Gasteiger partial charge on any atom is -0.418 e. The molecule has 30 heavy (non-hydrogen) atoms. The van der Waals surface area contributed by atoms with Crippen molar-refractivity contribution in [2.75, 3.05) is 12.8 Å². The molecule has 0 unspecified atom stereocenters. The fourth-order valence-electron chi connectivity index (χ4n) is 4.09. The normalized spacial score (nSPS) is 12.9. The van der Waals surface area contributed by atoms with Crippen LogP contribution in [0.3, 0.4) is 0 Å². The number of unbranched alkanes of at least 4 members (excludes halogenated alkanes) is 2. The molecule has 0 amide bonds. The van der Waals surface area contributed by atoms with Crippen molar-refractivity contribution in [3.8, 4) is 0 Å². The average Bonchev–Trinajstić information content (AvgIpc) is 2.75. The van der Waals surface area contributed by atoms with Gasteiger partial charge in [0.25, 0.3) is 0 Å². The topological polar surface area (TPSA) is 0 Å². The molecule has 0 aliphatic rings. The van der Waals surface area contributed by atoms with E-state index < -0.39 is 13.9 Å². The Bertz CT molecular complexity index is 778. The first-order valence-corrected chi connectivity index (χ1v) is 13.1. The Morgan fingerprint density at radius 1 is 0.600 bits per heavy atom. The van der Waals surface area contributed by atoms with E-state index in [4.69, 9.17) is 0 Å². The van der Waals surface area contributed by atoms with Crippen LogP contribution in [0.4, 0.5) is 17.3 Å². The van der Waals surface area contributed by atoms with E-state index in [0.717, 1.165) is 0 Å². The summed E-state index contributed by atoms with van der Waals surface area (Å²) in [6, 6.07) is 33.7. The van der Waals surface area contributed by atoms with E-state index in [0.29, 0.717) is 0 Å². The van der Waals surface area contributed by atoms with Gasteiger partial charge in [-0.15, -0.1) is 0 Å². The Morgan fingerprint density at radius 2 is 0.900 bits per heavy atom. The van der Waals surface area contributed by atoms with Crippen molar-refractivity contribution in [3.05, 3.63) is 91.0 Å². The Hall–Kier alpha value is -2.13. The zero-order valence-corrected chi connectivity index (χ0v) is 18.4. The molecule has 0 heterocycles. The van der Waals surface area contributed by atoms with Crippen molar-refractivity contribution in [1.29, 1.82) is 0 Å². The Labute approximate surface area is 177 Å². The number of benzene rings is 3. The van der Waals surface area contributed by atoms with Gasteiger partial charge in [-0.1, -0.05) is 0 Å². The van der Waals surface area contributed by atoms with E-state index in [9.17, 15) is 17.3 Å². The van der Waals surface area contributed by atoms with Crippen LogP contribution in [0.5, 0.6) is 0 Å². The van der Waals surface area contributed by atoms with Crippen molar-refractivity contribution in [2.45, 2.75) is 26.2 Å². The number of rotatable bonds is 7. The summed E-state index contributed by atoms with van der Waals surface area (Å²) in [5, 5.41) is 4.51. The molecule has 0 N–H and O–H groups in total. The molecule has 0 spiro atoms. The first-order chi connectivity index (χ1) is 14.2. The van der Waals surface area contributed by atoms with Gasteiger partial charge in [-0.3, -0.25) is 0 Å². The molecular weight excluding hydrogens is 406 g/mol. The van der Waals surface area contributed by atoms with Crippen molar-refractivity contribution in [1.82, 2.24) is 0 Å². The van der Waals surface area contributed by atoms with Gasteiger partial charge in [-0.2, -0.15) is 0 Å². The maximum absolute atomic E-state index is 9.75. The van der Waals surface area contributed by atoms with Gasteiger partial charge in [0.1, 0.15) is 0 Å². The number of hydrogen-bond acceptors (Lipinski definition) is 0. The predicted molar refractivity (Wildman–Crippen MR) is 126 cm³/mol. The summed E-state index contributed by atoms with van der Waals surface area (Å²) in [4.78, 5) is 0. The molecule has 6 heteroatoms. The molecule has 0 atom stereocenters. The van der Waals surface area contributed by atoms with Gasteiger partial charge in [0.05, 0.1) is 0 Å². The molecule has 162 valence electrons. The maximum Gasteiger partial charge on any atom is 0.673 e. The van der Waals surface area contributed by atoms with Gasteiger partial charge in [-0.25, -0.2) is 0 Å². The standard InChI is InChI=1S/C24H29P.BF4/c1-3-4-14-21-25(2,22-15-8-5-9-16-22,23-17-10-6-11-18-23)24-19-12-7-13-20-24;2-1(3,4)5/h5-13,15-20H,3-4,14,21H2,1-2H3;/q;-1. The fourth-order valence-corrected chi connectivity index (χ4v) is 9.71. The van der Waals surface area contributed by atoms with E-state index in [1.165, 1.54) is 41.3 Å². The van der Waals surface area contributed by atoms with Crippen LogP contribution in [0.25, 0.3) is 0 Å². The fraction of sp³-hybridized carbons (Fsp3) is 0.250. The average molecular weight is 435 g/mol. The maximum atomic E-state index is 9.75. The minimum atomic E-state index is -6.00. The third-order valence-corrected chi connectivity index (χ3v) is 12.2. The molecule has 0 nitrogen and oxygen atoms in total. The van der Waals surface area contributed by atoms with Crippen LogP contribution in [0.1, 0.15) is 26.2 Å². The third kappa shape index (κ3) is 5.73. The van der Waals surface area contributed by atoms with E-state index >= 15 is 0 Å². The van der Waals surface area contributed by atoms with Gasteiger partial charge in [0.15, 0.2) is 0 Å². The molecule has 3 aromatic carbocycles. The molecule has 0 aromatic heterocycles. The van der Waals surface area contributed by atoms with Crippen molar-refractivity contribution in [3.63, 3.8) is 0 Å². The van der Waals surface area contributed by atoms with Gasteiger partial charge >= 0.3 is 160 Å². The quantitative estimate of drug-likeness (QED) is 0.169. The Kier molecular flexibility index (Phi) is 8.26. The van der Waals surface area contributed by atoms with Crippen LogP contribution in [0, 0.1) is 0 Å². The van der Waals surface area contributed by atoms with Crippen molar-refractivity contribution >= 4 is 29.8 Å². The van der Waals surface area contributed by atoms with Crippen LogP contribution in [-0.2, 0) is 0 Å². The largest absolute Gasteiger partial charge is 0.673 e. The number of halogens is 4. The van der Waals surface area contributed by atoms with E-state index in [2.05, 4.69) is 105 Å². The molecule has 0 bridgehead atoms. The van der Waals surface area contributed by atoms with Gasteiger partial charge < -0.3 is 17.3 Å². The zero-order valence-electron chi connectivity index (χ0n) is 17.5. The summed E-state index contributed by atoms with van der Waals surface area (Å²) in [5.41, 5.74) is 0. The van der Waals surface area contributed by atoms with Gasteiger partial charge in [0.2, 0.25) is 0 Å². The molecule has 0 saturated carbocycles. The second-order valence-electron chi connectivity index (χ2n) is 7.73. The van der Waals surface area contributed by atoms with Gasteiger partial charge in [0, 0.05) is 0 Å². The van der Waals surface area contributed by atoms with Gasteiger partial charge in [-0.05, 0) is 0 Å². The van der Waals surface area contributed by atoms with Crippen molar-refractivity contribution in [2.24, 2.45) is 0 Å². The summed E-state index contributed by atoms with van der Waals surface area (Å²) in [5.74, 6) is 0. The first-order valence-electron chi connectivity index (χ1n) is 10.2. The minimum absolute atomic E-state index is 1.23. The van der Waals surface area contributed by atoms with Crippen molar-refractivity contribution < 1.29 is 17.3 Å². The third-order valence-electron chi connectivity index (χ3n) is 5.69. The zero-order chi connectivity index (χ0) is 22.1. The summed E-state index contributed by atoms with van der Waals surface area (Å²) < 4.78 is 39.0. The van der Waals surface area contributed by atoms with Crippen LogP contribution in [0.2, 0.25) is 0 Å². The van der Waals surface area contributed by atoms with E-state index in [1.807, 2.05) is 0 Å². The first kappa shape index (κ1) is 24.1. The van der Waals surface area contributed by atoms with Crippen LogP contribution in [0.15, 0.2) is 91.0 Å². The molecule has 3 rings (SSSR count). The van der Waals surface area contributed by atoms with Crippen LogP contribution < -0.4 is 15.9 Å². The molecule has 0 fully saturated rings. The molecule has 0 aliphatic heterocycles.